The number of sulfonamides is 1. The molecule has 0 aliphatic heterocycles. The molecule has 0 aliphatic carbocycles. The summed E-state index contributed by atoms with van der Waals surface area (Å²) in [7, 11) is -3.86. The summed E-state index contributed by atoms with van der Waals surface area (Å²) in [6.07, 6.45) is 0. The molecule has 0 unspecified atom stereocenters. The Morgan fingerprint density at radius 3 is 2.60 bits per heavy atom. The molecule has 1 aromatic rings. The van der Waals surface area contributed by atoms with Gasteiger partial charge in [-0.05, 0) is 18.2 Å². The van der Waals surface area contributed by atoms with Crippen LogP contribution in [0.4, 0.5) is 4.39 Å². The zero-order valence-electron chi connectivity index (χ0n) is 7.50. The lowest BCUT2D eigenvalue weighted by Crippen LogP contribution is -2.12. The van der Waals surface area contributed by atoms with Crippen molar-refractivity contribution >= 4 is 26.0 Å². The highest BCUT2D eigenvalue weighted by Gasteiger charge is 2.10. The van der Waals surface area contributed by atoms with Crippen molar-refractivity contribution in [2.45, 2.75) is 4.90 Å². The molecular weight excluding hydrogens is 285 g/mol. The van der Waals surface area contributed by atoms with Crippen molar-refractivity contribution in [3.8, 4) is 11.8 Å². The van der Waals surface area contributed by atoms with Gasteiger partial charge in [0.25, 0.3) is 0 Å². The third kappa shape index (κ3) is 3.30. The Morgan fingerprint density at radius 2 is 2.13 bits per heavy atom. The van der Waals surface area contributed by atoms with Crippen LogP contribution in [0.15, 0.2) is 23.1 Å². The minimum Gasteiger partial charge on any atom is -0.225 e. The summed E-state index contributed by atoms with van der Waals surface area (Å²) in [4.78, 5) is -0.260. The largest absolute Gasteiger partial charge is 0.238 e. The van der Waals surface area contributed by atoms with Crippen LogP contribution < -0.4 is 5.14 Å². The lowest BCUT2D eigenvalue weighted by atomic mass is 10.2. The number of benzene rings is 1. The van der Waals surface area contributed by atoms with Crippen LogP contribution in [0, 0.1) is 17.7 Å². The molecule has 0 aliphatic rings. The first-order chi connectivity index (χ1) is 6.95. The van der Waals surface area contributed by atoms with E-state index in [1.54, 1.807) is 0 Å². The van der Waals surface area contributed by atoms with E-state index in [1.165, 1.54) is 12.1 Å². The minimum absolute atomic E-state index is 0.141. The van der Waals surface area contributed by atoms with E-state index in [1.807, 2.05) is 0 Å². The SMILES string of the molecule is NS(=O)(=O)c1ccc(C#CCBr)c(F)c1. The summed E-state index contributed by atoms with van der Waals surface area (Å²) < 4.78 is 35.0. The summed E-state index contributed by atoms with van der Waals surface area (Å²) in [5.41, 5.74) is 0.141. The van der Waals surface area contributed by atoms with Gasteiger partial charge >= 0.3 is 0 Å². The summed E-state index contributed by atoms with van der Waals surface area (Å²) >= 11 is 3.07. The Kier molecular flexibility index (Phi) is 3.85. The first kappa shape index (κ1) is 12.2. The van der Waals surface area contributed by atoms with Crippen LogP contribution in [0.25, 0.3) is 0 Å². The van der Waals surface area contributed by atoms with Crippen molar-refractivity contribution < 1.29 is 12.8 Å². The normalized spacial score (nSPS) is 10.6. The van der Waals surface area contributed by atoms with E-state index in [0.717, 1.165) is 6.07 Å². The van der Waals surface area contributed by atoms with Gasteiger partial charge < -0.3 is 0 Å². The Labute approximate surface area is 95.7 Å². The molecule has 2 N–H and O–H groups in total. The molecule has 0 saturated heterocycles. The Balaban J connectivity index is 3.21. The maximum atomic E-state index is 13.3. The highest BCUT2D eigenvalue weighted by Crippen LogP contribution is 2.12. The molecule has 0 bridgehead atoms. The van der Waals surface area contributed by atoms with E-state index >= 15 is 0 Å². The smallest absolute Gasteiger partial charge is 0.225 e. The summed E-state index contributed by atoms with van der Waals surface area (Å²) in [5.74, 6) is 4.44. The Hall–Kier alpha value is -0.900. The van der Waals surface area contributed by atoms with Gasteiger partial charge in [0.1, 0.15) is 5.82 Å². The van der Waals surface area contributed by atoms with Crippen molar-refractivity contribution in [3.63, 3.8) is 0 Å². The van der Waals surface area contributed by atoms with Gasteiger partial charge in [-0.2, -0.15) is 0 Å². The van der Waals surface area contributed by atoms with Gasteiger partial charge in [0.05, 0.1) is 15.8 Å². The number of nitrogens with two attached hydrogens (primary N) is 1. The second-order valence-electron chi connectivity index (χ2n) is 2.62. The van der Waals surface area contributed by atoms with Crippen molar-refractivity contribution in [3.05, 3.63) is 29.6 Å². The van der Waals surface area contributed by atoms with Crippen molar-refractivity contribution in [1.29, 1.82) is 0 Å². The molecule has 15 heavy (non-hydrogen) atoms. The van der Waals surface area contributed by atoms with Crippen LogP contribution in [0.2, 0.25) is 0 Å². The minimum atomic E-state index is -3.86. The lowest BCUT2D eigenvalue weighted by molar-refractivity contribution is 0.591. The molecule has 0 spiro atoms. The Morgan fingerprint density at radius 1 is 1.47 bits per heavy atom. The molecule has 3 nitrogen and oxygen atoms in total. The van der Waals surface area contributed by atoms with Gasteiger partial charge in [-0.25, -0.2) is 17.9 Å². The zero-order valence-corrected chi connectivity index (χ0v) is 9.90. The number of primary sulfonamides is 1. The maximum Gasteiger partial charge on any atom is 0.238 e. The predicted octanol–water partition coefficient (Wildman–Crippen LogP) is 1.22. The van der Waals surface area contributed by atoms with Gasteiger partial charge in [0.2, 0.25) is 10.0 Å². The molecule has 1 rings (SSSR count). The molecule has 0 radical (unpaired) electrons. The second-order valence-corrected chi connectivity index (χ2v) is 4.74. The van der Waals surface area contributed by atoms with Crippen LogP contribution in [0.3, 0.4) is 0 Å². The number of hydrogen-bond acceptors (Lipinski definition) is 2. The quantitative estimate of drug-likeness (QED) is 0.625. The van der Waals surface area contributed by atoms with E-state index in [-0.39, 0.29) is 10.5 Å². The molecule has 0 amide bonds. The average molecular weight is 292 g/mol. The standard InChI is InChI=1S/C9H7BrFNO2S/c10-5-1-2-7-3-4-8(6-9(7)11)15(12,13)14/h3-4,6H,5H2,(H2,12,13,14). The molecule has 0 saturated carbocycles. The Bertz CT molecular complexity index is 531. The second kappa shape index (κ2) is 4.75. The monoisotopic (exact) mass is 291 g/mol. The highest BCUT2D eigenvalue weighted by atomic mass is 79.9. The van der Waals surface area contributed by atoms with Crippen molar-refractivity contribution in [2.75, 3.05) is 5.33 Å². The van der Waals surface area contributed by atoms with Crippen LogP contribution in [0.5, 0.6) is 0 Å². The van der Waals surface area contributed by atoms with Crippen LogP contribution in [0.1, 0.15) is 5.56 Å². The first-order valence-electron chi connectivity index (χ1n) is 3.82. The van der Waals surface area contributed by atoms with Crippen LogP contribution in [-0.2, 0) is 10.0 Å². The van der Waals surface area contributed by atoms with E-state index in [9.17, 15) is 12.8 Å². The van der Waals surface area contributed by atoms with Gasteiger partial charge in [-0.1, -0.05) is 27.8 Å². The van der Waals surface area contributed by atoms with Gasteiger partial charge in [-0.3, -0.25) is 0 Å². The third-order valence-electron chi connectivity index (χ3n) is 1.56. The van der Waals surface area contributed by atoms with Crippen LogP contribution in [-0.4, -0.2) is 13.7 Å². The molecule has 0 atom stereocenters. The predicted molar refractivity (Wildman–Crippen MR) is 58.4 cm³/mol. The molecule has 0 fully saturated rings. The number of alkyl halides is 1. The van der Waals surface area contributed by atoms with E-state index in [2.05, 4.69) is 27.8 Å². The topological polar surface area (TPSA) is 60.2 Å². The third-order valence-corrected chi connectivity index (χ3v) is 2.75. The van der Waals surface area contributed by atoms with Crippen LogP contribution >= 0.6 is 15.9 Å². The molecule has 0 aromatic heterocycles. The van der Waals surface area contributed by atoms with Gasteiger partial charge in [0.15, 0.2) is 0 Å². The maximum absolute atomic E-state index is 13.3. The average Bonchev–Trinajstić information content (AvgIpc) is 2.14. The molecule has 0 heterocycles. The molecule has 6 heteroatoms. The van der Waals surface area contributed by atoms with Gasteiger partial charge in [0, 0.05) is 0 Å². The fourth-order valence-corrected chi connectivity index (χ4v) is 1.57. The fraction of sp³-hybridized carbons (Fsp3) is 0.111. The molecule has 80 valence electrons. The van der Waals surface area contributed by atoms with Crippen molar-refractivity contribution in [2.24, 2.45) is 5.14 Å². The van der Waals surface area contributed by atoms with E-state index in [0.29, 0.717) is 5.33 Å². The van der Waals surface area contributed by atoms with E-state index in [4.69, 9.17) is 5.14 Å². The summed E-state index contributed by atoms with van der Waals surface area (Å²) in [6.45, 7) is 0. The van der Waals surface area contributed by atoms with E-state index < -0.39 is 15.8 Å². The molecule has 1 aromatic carbocycles. The highest BCUT2D eigenvalue weighted by molar-refractivity contribution is 9.09. The zero-order chi connectivity index (χ0) is 11.5. The summed E-state index contributed by atoms with van der Waals surface area (Å²) in [6, 6.07) is 3.36. The lowest BCUT2D eigenvalue weighted by Gasteiger charge is -1.99. The molecular formula is C9H7BrFNO2S. The van der Waals surface area contributed by atoms with Crippen molar-refractivity contribution in [1.82, 2.24) is 0 Å². The number of halogens is 2. The number of hydrogen-bond donors (Lipinski definition) is 1. The fourth-order valence-electron chi connectivity index (χ4n) is 0.903. The van der Waals surface area contributed by atoms with Gasteiger partial charge in [-0.15, -0.1) is 0 Å². The first-order valence-corrected chi connectivity index (χ1v) is 6.49. The summed E-state index contributed by atoms with van der Waals surface area (Å²) in [5, 5.41) is 5.26. The number of rotatable bonds is 1.